The number of hydrogen-bond donors (Lipinski definition) is 0. The Morgan fingerprint density at radius 1 is 1.08 bits per heavy atom. The van der Waals surface area contributed by atoms with Crippen molar-refractivity contribution in [3.05, 3.63) is 56.8 Å². The lowest BCUT2D eigenvalue weighted by Crippen LogP contribution is -2.60. The maximum Gasteiger partial charge on any atom is 0.184 e. The van der Waals surface area contributed by atoms with Gasteiger partial charge in [0, 0.05) is 22.5 Å². The van der Waals surface area contributed by atoms with Crippen molar-refractivity contribution < 1.29 is 18.9 Å². The second-order valence-electron chi connectivity index (χ2n) is 5.35. The lowest BCUT2D eigenvalue weighted by atomic mass is 9.94. The van der Waals surface area contributed by atoms with Gasteiger partial charge >= 0.3 is 0 Å². The van der Waals surface area contributed by atoms with Crippen LogP contribution in [-0.4, -0.2) is 44.3 Å². The number of ether oxygens (including phenoxy) is 4. The summed E-state index contributed by atoms with van der Waals surface area (Å²) in [6, 6.07) is 7.81. The predicted octanol–water partition coefficient (Wildman–Crippen LogP) is 2.83. The van der Waals surface area contributed by atoms with Gasteiger partial charge < -0.3 is 18.9 Å². The van der Waals surface area contributed by atoms with Gasteiger partial charge in [-0.3, -0.25) is 0 Å². The molecular formula is C14H16N6O4. The lowest BCUT2D eigenvalue weighted by Gasteiger charge is -2.46. The zero-order chi connectivity index (χ0) is 16.9. The third kappa shape index (κ3) is 3.15. The van der Waals surface area contributed by atoms with Crippen LogP contribution in [-0.2, 0) is 18.9 Å². The quantitative estimate of drug-likeness (QED) is 0.476. The minimum absolute atomic E-state index is 0.241. The molecule has 2 aliphatic heterocycles. The molecule has 0 unspecified atom stereocenters. The van der Waals surface area contributed by atoms with E-state index in [4.69, 9.17) is 30.0 Å². The lowest BCUT2D eigenvalue weighted by molar-refractivity contribution is -0.321. The van der Waals surface area contributed by atoms with Crippen LogP contribution >= 0.6 is 0 Å². The first-order valence-corrected chi connectivity index (χ1v) is 7.37. The van der Waals surface area contributed by atoms with E-state index in [0.717, 1.165) is 5.56 Å². The van der Waals surface area contributed by atoms with Crippen molar-refractivity contribution >= 4 is 0 Å². The molecule has 10 heteroatoms. The molecule has 0 saturated carbocycles. The summed E-state index contributed by atoms with van der Waals surface area (Å²) in [5.41, 5.74) is 18.5. The molecule has 0 bridgehead atoms. The molecule has 24 heavy (non-hydrogen) atoms. The Kier molecular flexibility index (Phi) is 5.17. The molecule has 0 aromatic heterocycles. The summed E-state index contributed by atoms with van der Waals surface area (Å²) in [6.07, 6.45) is -2.55. The van der Waals surface area contributed by atoms with Crippen LogP contribution < -0.4 is 0 Å². The Hall–Kier alpha value is -2.32. The highest BCUT2D eigenvalue weighted by Gasteiger charge is 2.49. The largest absolute Gasteiger partial charge is 0.355 e. The highest BCUT2D eigenvalue weighted by Crippen LogP contribution is 2.36. The van der Waals surface area contributed by atoms with E-state index in [1.54, 1.807) is 0 Å². The molecule has 1 aromatic carbocycles. The molecule has 0 spiro atoms. The van der Waals surface area contributed by atoms with Crippen LogP contribution in [0.1, 0.15) is 11.9 Å². The summed E-state index contributed by atoms with van der Waals surface area (Å²) < 4.78 is 22.6. The fraction of sp³-hybridized carbons (Fsp3) is 0.571. The van der Waals surface area contributed by atoms with Gasteiger partial charge in [-0.2, -0.15) is 0 Å². The fourth-order valence-corrected chi connectivity index (χ4v) is 2.93. The number of benzene rings is 1. The van der Waals surface area contributed by atoms with Crippen molar-refractivity contribution in [2.75, 3.05) is 13.7 Å². The van der Waals surface area contributed by atoms with Crippen molar-refractivity contribution in [2.45, 2.75) is 36.9 Å². The van der Waals surface area contributed by atoms with Crippen LogP contribution in [0.2, 0.25) is 0 Å². The zero-order valence-corrected chi connectivity index (χ0v) is 12.9. The summed E-state index contributed by atoms with van der Waals surface area (Å²) in [5.74, 6) is 0. The van der Waals surface area contributed by atoms with E-state index in [1.165, 1.54) is 7.11 Å². The van der Waals surface area contributed by atoms with Gasteiger partial charge in [0.2, 0.25) is 0 Å². The summed E-state index contributed by atoms with van der Waals surface area (Å²) in [7, 11) is 1.43. The summed E-state index contributed by atoms with van der Waals surface area (Å²) in [6.45, 7) is 0.241. The van der Waals surface area contributed by atoms with Crippen molar-refractivity contribution in [3.8, 4) is 0 Å². The number of fused-ring (bicyclic) bond motifs is 1. The van der Waals surface area contributed by atoms with Crippen molar-refractivity contribution in [2.24, 2.45) is 10.2 Å². The average molecular weight is 332 g/mol. The molecule has 10 nitrogen and oxygen atoms in total. The molecule has 0 N–H and O–H groups in total. The topological polar surface area (TPSA) is 134 Å². The normalized spacial score (nSPS) is 35.2. The molecule has 2 saturated heterocycles. The van der Waals surface area contributed by atoms with Crippen molar-refractivity contribution in [3.63, 3.8) is 0 Å². The van der Waals surface area contributed by atoms with E-state index in [1.807, 2.05) is 30.3 Å². The van der Waals surface area contributed by atoms with Gasteiger partial charge in [0.25, 0.3) is 0 Å². The molecule has 0 amide bonds. The molecule has 6 atom stereocenters. The van der Waals surface area contributed by atoms with E-state index in [2.05, 4.69) is 20.1 Å². The Bertz CT molecular complexity index is 660. The number of methoxy groups -OCH3 is 1. The minimum Gasteiger partial charge on any atom is -0.355 e. The molecule has 0 radical (unpaired) electrons. The van der Waals surface area contributed by atoms with Gasteiger partial charge in [-0.05, 0) is 11.1 Å². The standard InChI is InChI=1S/C14H16N6O4/c1-21-14-11(18-20-16)10(17-19-15)12-9(23-14)7-22-13(24-12)8-5-3-2-4-6-8/h2-6,9-14H,7H2,1H3/t9-,10+,11+,12-,13-,14+/m1/s1. The van der Waals surface area contributed by atoms with E-state index in [-0.39, 0.29) is 6.61 Å². The Morgan fingerprint density at radius 2 is 1.79 bits per heavy atom. The van der Waals surface area contributed by atoms with Gasteiger partial charge in [-0.25, -0.2) is 0 Å². The van der Waals surface area contributed by atoms with Crippen LogP contribution in [0.15, 0.2) is 40.6 Å². The number of nitrogens with zero attached hydrogens (tertiary/aromatic N) is 6. The second kappa shape index (κ2) is 7.50. The average Bonchev–Trinajstić information content (AvgIpc) is 2.64. The van der Waals surface area contributed by atoms with Crippen molar-refractivity contribution in [1.29, 1.82) is 0 Å². The Labute approximate surface area is 137 Å². The third-order valence-electron chi connectivity index (χ3n) is 4.01. The van der Waals surface area contributed by atoms with E-state index < -0.39 is 36.9 Å². The van der Waals surface area contributed by atoms with Crippen LogP contribution in [0.4, 0.5) is 0 Å². The summed E-state index contributed by atoms with van der Waals surface area (Å²) in [5, 5.41) is 7.44. The first-order chi connectivity index (χ1) is 11.8. The smallest absolute Gasteiger partial charge is 0.184 e. The molecule has 2 heterocycles. The van der Waals surface area contributed by atoms with E-state index in [9.17, 15) is 0 Å². The van der Waals surface area contributed by atoms with Crippen LogP contribution in [0.5, 0.6) is 0 Å². The first kappa shape index (κ1) is 16.5. The molecule has 2 aliphatic rings. The molecular weight excluding hydrogens is 316 g/mol. The number of rotatable bonds is 4. The summed E-state index contributed by atoms with van der Waals surface area (Å²) >= 11 is 0. The maximum atomic E-state index is 8.89. The minimum atomic E-state index is -0.835. The Morgan fingerprint density at radius 3 is 2.46 bits per heavy atom. The SMILES string of the molecule is CO[C@H]1O[C@@H]2CO[C@@H](c3ccccc3)O[C@H]2[C@@H](N=[N+]=[N-])[C@@H]1N=[N+]=[N-]. The van der Waals surface area contributed by atoms with E-state index in [0.29, 0.717) is 0 Å². The van der Waals surface area contributed by atoms with Crippen LogP contribution in [0.3, 0.4) is 0 Å². The maximum absolute atomic E-state index is 8.89. The van der Waals surface area contributed by atoms with E-state index >= 15 is 0 Å². The van der Waals surface area contributed by atoms with Gasteiger partial charge in [0.05, 0.1) is 24.8 Å². The molecule has 3 rings (SSSR count). The van der Waals surface area contributed by atoms with Crippen molar-refractivity contribution in [1.82, 2.24) is 0 Å². The van der Waals surface area contributed by atoms with Gasteiger partial charge in [-0.15, -0.1) is 0 Å². The highest BCUT2D eigenvalue weighted by atomic mass is 16.7. The number of hydrogen-bond acceptors (Lipinski definition) is 6. The first-order valence-electron chi connectivity index (χ1n) is 7.37. The van der Waals surface area contributed by atoms with Crippen LogP contribution in [0.25, 0.3) is 20.9 Å². The van der Waals surface area contributed by atoms with Gasteiger partial charge in [-0.1, -0.05) is 40.6 Å². The van der Waals surface area contributed by atoms with Gasteiger partial charge in [0.1, 0.15) is 6.10 Å². The van der Waals surface area contributed by atoms with Crippen LogP contribution in [0, 0.1) is 0 Å². The monoisotopic (exact) mass is 332 g/mol. The molecule has 1 aromatic rings. The molecule has 0 aliphatic carbocycles. The fourth-order valence-electron chi connectivity index (χ4n) is 2.93. The Balaban J connectivity index is 1.88. The predicted molar refractivity (Wildman–Crippen MR) is 81.5 cm³/mol. The summed E-state index contributed by atoms with van der Waals surface area (Å²) in [4.78, 5) is 5.66. The zero-order valence-electron chi connectivity index (χ0n) is 12.9. The molecule has 126 valence electrons. The van der Waals surface area contributed by atoms with Gasteiger partial charge in [0.15, 0.2) is 12.6 Å². The third-order valence-corrected chi connectivity index (χ3v) is 4.01. The molecule has 2 fully saturated rings. The number of azide groups is 2. The second-order valence-corrected chi connectivity index (χ2v) is 5.35. The highest BCUT2D eigenvalue weighted by molar-refractivity contribution is 5.17.